The Morgan fingerprint density at radius 2 is 1.93 bits per heavy atom. The van der Waals surface area contributed by atoms with E-state index in [0.29, 0.717) is 29.9 Å². The van der Waals surface area contributed by atoms with E-state index in [0.717, 1.165) is 32.1 Å². The van der Waals surface area contributed by atoms with E-state index in [9.17, 15) is 4.79 Å². The van der Waals surface area contributed by atoms with Crippen molar-refractivity contribution in [2.75, 3.05) is 6.61 Å². The first kappa shape index (κ1) is 19.9. The number of hydrogen-bond acceptors (Lipinski definition) is 5. The molecular formula is C24H21N3O2S. The van der Waals surface area contributed by atoms with Crippen LogP contribution in [0.25, 0.3) is 21.3 Å². The number of nitrogens with zero attached hydrogens (tertiary/aromatic N) is 3. The number of hydrogen-bond donors (Lipinski definition) is 0. The van der Waals surface area contributed by atoms with Crippen molar-refractivity contribution >= 4 is 21.6 Å². The van der Waals surface area contributed by atoms with E-state index < -0.39 is 0 Å². The summed E-state index contributed by atoms with van der Waals surface area (Å²) < 4.78 is 7.22. The van der Waals surface area contributed by atoms with Crippen LogP contribution in [0, 0.1) is 25.2 Å². The maximum absolute atomic E-state index is 13.5. The smallest absolute Gasteiger partial charge is 0.263 e. The SMILES string of the molecule is CCOc1ccc(-c2c(C)sc3nc(C)n(Cc4cccc(C#N)c4)c(=O)c23)cc1. The lowest BCUT2D eigenvalue weighted by molar-refractivity contribution is 0.340. The Kier molecular flexibility index (Phi) is 5.39. The van der Waals surface area contributed by atoms with E-state index in [1.807, 2.05) is 63.2 Å². The molecule has 30 heavy (non-hydrogen) atoms. The summed E-state index contributed by atoms with van der Waals surface area (Å²) in [6, 6.07) is 17.3. The van der Waals surface area contributed by atoms with Gasteiger partial charge in [-0.15, -0.1) is 11.3 Å². The number of ether oxygens (including phenoxy) is 1. The standard InChI is InChI=1S/C24H21N3O2S/c1-4-29-20-10-8-19(9-11-20)21-15(2)30-23-22(21)24(28)27(16(3)26-23)14-18-7-5-6-17(12-18)13-25/h5-12H,4,14H2,1-3H3. The first-order valence-electron chi connectivity index (χ1n) is 9.74. The highest BCUT2D eigenvalue weighted by atomic mass is 32.1. The summed E-state index contributed by atoms with van der Waals surface area (Å²) in [5.41, 5.74) is 3.31. The zero-order chi connectivity index (χ0) is 21.3. The second-order valence-corrected chi connectivity index (χ2v) is 8.24. The van der Waals surface area contributed by atoms with Crippen molar-refractivity contribution in [1.29, 1.82) is 5.26 Å². The van der Waals surface area contributed by atoms with Gasteiger partial charge in [0.05, 0.1) is 30.2 Å². The van der Waals surface area contributed by atoms with Crippen molar-refractivity contribution < 1.29 is 4.74 Å². The number of aromatic nitrogens is 2. The molecule has 2 heterocycles. The summed E-state index contributed by atoms with van der Waals surface area (Å²) in [7, 11) is 0. The first-order chi connectivity index (χ1) is 14.5. The molecular weight excluding hydrogens is 394 g/mol. The number of fused-ring (bicyclic) bond motifs is 1. The molecule has 0 bridgehead atoms. The third kappa shape index (κ3) is 3.60. The van der Waals surface area contributed by atoms with Crippen LogP contribution in [-0.4, -0.2) is 16.2 Å². The summed E-state index contributed by atoms with van der Waals surface area (Å²) in [4.78, 5) is 20.1. The Hall–Kier alpha value is -3.43. The Balaban J connectivity index is 1.85. The van der Waals surface area contributed by atoms with Gasteiger partial charge >= 0.3 is 0 Å². The van der Waals surface area contributed by atoms with Crippen molar-refractivity contribution in [3.63, 3.8) is 0 Å². The van der Waals surface area contributed by atoms with Gasteiger partial charge in [0, 0.05) is 10.4 Å². The molecule has 0 fully saturated rings. The molecule has 0 unspecified atom stereocenters. The lowest BCUT2D eigenvalue weighted by Gasteiger charge is -2.11. The normalized spacial score (nSPS) is 10.9. The van der Waals surface area contributed by atoms with Gasteiger partial charge < -0.3 is 4.74 Å². The van der Waals surface area contributed by atoms with Crippen LogP contribution < -0.4 is 10.3 Å². The summed E-state index contributed by atoms with van der Waals surface area (Å²) in [5.74, 6) is 1.47. The average Bonchev–Trinajstić information content (AvgIpc) is 3.08. The topological polar surface area (TPSA) is 67.9 Å². The molecule has 4 rings (SSSR count). The Labute approximate surface area is 178 Å². The Morgan fingerprint density at radius 3 is 2.63 bits per heavy atom. The van der Waals surface area contributed by atoms with Gasteiger partial charge in [-0.25, -0.2) is 4.98 Å². The Morgan fingerprint density at radius 1 is 1.17 bits per heavy atom. The molecule has 2 aromatic carbocycles. The van der Waals surface area contributed by atoms with Gasteiger partial charge in [-0.1, -0.05) is 24.3 Å². The number of thiophene rings is 1. The first-order valence-corrected chi connectivity index (χ1v) is 10.6. The van der Waals surface area contributed by atoms with Gasteiger partial charge in [-0.2, -0.15) is 5.26 Å². The predicted molar refractivity (Wildman–Crippen MR) is 120 cm³/mol. The molecule has 0 aliphatic rings. The summed E-state index contributed by atoms with van der Waals surface area (Å²) in [6.07, 6.45) is 0. The monoisotopic (exact) mass is 415 g/mol. The molecule has 0 radical (unpaired) electrons. The van der Waals surface area contributed by atoms with Crippen molar-refractivity contribution in [1.82, 2.24) is 9.55 Å². The molecule has 150 valence electrons. The van der Waals surface area contributed by atoms with Crippen LogP contribution in [0.15, 0.2) is 53.3 Å². The molecule has 0 N–H and O–H groups in total. The fourth-order valence-corrected chi connectivity index (χ4v) is 4.72. The van der Waals surface area contributed by atoms with Crippen molar-refractivity contribution in [2.24, 2.45) is 0 Å². The van der Waals surface area contributed by atoms with Crippen LogP contribution in [0.4, 0.5) is 0 Å². The molecule has 0 amide bonds. The molecule has 0 atom stereocenters. The molecule has 0 spiro atoms. The van der Waals surface area contributed by atoms with E-state index in [2.05, 4.69) is 6.07 Å². The highest BCUT2D eigenvalue weighted by Gasteiger charge is 2.19. The molecule has 6 heteroatoms. The summed E-state index contributed by atoms with van der Waals surface area (Å²) in [6.45, 7) is 6.81. The molecule has 5 nitrogen and oxygen atoms in total. The molecule has 0 saturated carbocycles. The van der Waals surface area contributed by atoms with Crippen LogP contribution in [0.2, 0.25) is 0 Å². The van der Waals surface area contributed by atoms with Crippen LogP contribution in [0.1, 0.15) is 28.8 Å². The third-order valence-electron chi connectivity index (χ3n) is 5.03. The van der Waals surface area contributed by atoms with E-state index >= 15 is 0 Å². The fourth-order valence-electron chi connectivity index (χ4n) is 3.64. The van der Waals surface area contributed by atoms with Crippen LogP contribution in [0.5, 0.6) is 5.75 Å². The van der Waals surface area contributed by atoms with E-state index in [-0.39, 0.29) is 5.56 Å². The van der Waals surface area contributed by atoms with E-state index in [4.69, 9.17) is 15.0 Å². The van der Waals surface area contributed by atoms with E-state index in [1.165, 1.54) is 11.3 Å². The minimum absolute atomic E-state index is 0.0619. The number of rotatable bonds is 5. The quantitative estimate of drug-likeness (QED) is 0.457. The maximum Gasteiger partial charge on any atom is 0.263 e. The van der Waals surface area contributed by atoms with Gasteiger partial charge in [0.25, 0.3) is 5.56 Å². The molecule has 2 aromatic heterocycles. The van der Waals surface area contributed by atoms with Crippen molar-refractivity contribution in [2.45, 2.75) is 27.3 Å². The molecule has 0 aliphatic carbocycles. The summed E-state index contributed by atoms with van der Waals surface area (Å²) in [5, 5.41) is 9.80. The summed E-state index contributed by atoms with van der Waals surface area (Å²) >= 11 is 1.54. The van der Waals surface area contributed by atoms with Gasteiger partial charge in [0.15, 0.2) is 0 Å². The molecule has 0 saturated heterocycles. The second-order valence-electron chi connectivity index (χ2n) is 7.03. The largest absolute Gasteiger partial charge is 0.494 e. The average molecular weight is 416 g/mol. The fraction of sp³-hybridized carbons (Fsp3) is 0.208. The third-order valence-corrected chi connectivity index (χ3v) is 6.03. The molecule has 0 aliphatic heterocycles. The lowest BCUT2D eigenvalue weighted by Crippen LogP contribution is -2.24. The van der Waals surface area contributed by atoms with Crippen LogP contribution >= 0.6 is 11.3 Å². The van der Waals surface area contributed by atoms with Crippen molar-refractivity contribution in [3.05, 3.63) is 80.7 Å². The highest BCUT2D eigenvalue weighted by Crippen LogP contribution is 2.36. The minimum atomic E-state index is -0.0619. The lowest BCUT2D eigenvalue weighted by atomic mass is 10.0. The van der Waals surface area contributed by atoms with Gasteiger partial charge in [-0.3, -0.25) is 9.36 Å². The molecule has 4 aromatic rings. The number of nitriles is 1. The van der Waals surface area contributed by atoms with Crippen LogP contribution in [-0.2, 0) is 6.54 Å². The second kappa shape index (κ2) is 8.13. The predicted octanol–water partition coefficient (Wildman–Crippen LogP) is 5.06. The zero-order valence-electron chi connectivity index (χ0n) is 17.1. The highest BCUT2D eigenvalue weighted by molar-refractivity contribution is 7.19. The minimum Gasteiger partial charge on any atom is -0.494 e. The number of aryl methyl sites for hydroxylation is 2. The Bertz CT molecular complexity index is 1330. The van der Waals surface area contributed by atoms with Crippen molar-refractivity contribution in [3.8, 4) is 22.9 Å². The van der Waals surface area contributed by atoms with Gasteiger partial charge in [0.1, 0.15) is 16.4 Å². The number of benzene rings is 2. The zero-order valence-corrected chi connectivity index (χ0v) is 17.9. The van der Waals surface area contributed by atoms with Crippen LogP contribution in [0.3, 0.4) is 0 Å². The van der Waals surface area contributed by atoms with Gasteiger partial charge in [0.2, 0.25) is 0 Å². The van der Waals surface area contributed by atoms with Gasteiger partial charge in [-0.05, 0) is 56.2 Å². The maximum atomic E-state index is 13.5. The van der Waals surface area contributed by atoms with E-state index in [1.54, 1.807) is 10.6 Å².